The highest BCUT2D eigenvalue weighted by atomic mass is 32.1. The van der Waals surface area contributed by atoms with E-state index in [4.69, 9.17) is 5.26 Å². The molecule has 0 rings (SSSR count). The second kappa shape index (κ2) is 2.54. The zero-order valence-corrected chi connectivity index (χ0v) is 5.12. The van der Waals surface area contributed by atoms with Crippen LogP contribution in [0.4, 0.5) is 0 Å². The first-order valence-electron chi connectivity index (χ1n) is 1.80. The largest absolute Gasteiger partial charge is 0.360 e. The fraction of sp³-hybridized carbons (Fsp3) is 0.500. The summed E-state index contributed by atoms with van der Waals surface area (Å²) in [6.07, 6.45) is 0. The summed E-state index contributed by atoms with van der Waals surface area (Å²) in [6.45, 7) is 0. The van der Waals surface area contributed by atoms with E-state index in [1.165, 1.54) is 0 Å². The molecule has 0 amide bonds. The van der Waals surface area contributed by atoms with Gasteiger partial charge in [-0.1, -0.05) is 0 Å². The van der Waals surface area contributed by atoms with Crippen LogP contribution in [0.3, 0.4) is 0 Å². The van der Waals surface area contributed by atoms with Gasteiger partial charge in [0, 0.05) is 14.1 Å². The van der Waals surface area contributed by atoms with Gasteiger partial charge in [0.25, 0.3) is 0 Å². The Kier molecular flexibility index (Phi) is 2.31. The smallest absolute Gasteiger partial charge is 0.180 e. The lowest BCUT2D eigenvalue weighted by Gasteiger charge is -2.03. The monoisotopic (exact) mass is 114 g/mol. The summed E-state index contributed by atoms with van der Waals surface area (Å²) in [4.78, 5) is 1.91. The summed E-state index contributed by atoms with van der Waals surface area (Å²) in [5.41, 5.74) is 0. The third kappa shape index (κ3) is 2.12. The molecule has 0 unspecified atom stereocenters. The van der Waals surface area contributed by atoms with Crippen LogP contribution in [-0.2, 0) is 0 Å². The van der Waals surface area contributed by atoms with Crippen LogP contribution in [-0.4, -0.2) is 24.0 Å². The molecule has 0 aromatic carbocycles. The standard InChI is InChI=1S/C4H6N2S/c1-6(2)4(7)3-5/h1-2H3. The molecule has 0 aromatic rings. The van der Waals surface area contributed by atoms with E-state index in [2.05, 4.69) is 12.2 Å². The minimum Gasteiger partial charge on any atom is -0.360 e. The van der Waals surface area contributed by atoms with E-state index in [-0.39, 0.29) is 0 Å². The zero-order valence-electron chi connectivity index (χ0n) is 4.30. The van der Waals surface area contributed by atoms with Gasteiger partial charge in [-0.2, -0.15) is 5.26 Å². The predicted molar refractivity (Wildman–Crippen MR) is 31.9 cm³/mol. The van der Waals surface area contributed by atoms with E-state index >= 15 is 0 Å². The fourth-order valence-corrected chi connectivity index (χ4v) is 0.100. The lowest BCUT2D eigenvalue weighted by molar-refractivity contribution is 0.640. The summed E-state index contributed by atoms with van der Waals surface area (Å²) in [7, 11) is 3.48. The van der Waals surface area contributed by atoms with Gasteiger partial charge in [-0.3, -0.25) is 0 Å². The van der Waals surface area contributed by atoms with Crippen molar-refractivity contribution in [3.8, 4) is 6.07 Å². The minimum atomic E-state index is 0.319. The molecule has 0 saturated heterocycles. The summed E-state index contributed by atoms with van der Waals surface area (Å²) in [5, 5.41) is 8.07. The molecule has 3 heteroatoms. The van der Waals surface area contributed by atoms with Crippen molar-refractivity contribution in [2.24, 2.45) is 0 Å². The van der Waals surface area contributed by atoms with E-state index in [1.807, 2.05) is 6.07 Å². The molecule has 0 aromatic heterocycles. The van der Waals surface area contributed by atoms with Crippen molar-refractivity contribution >= 4 is 17.2 Å². The third-order valence-corrected chi connectivity index (χ3v) is 0.958. The number of hydrogen-bond donors (Lipinski definition) is 0. The van der Waals surface area contributed by atoms with E-state index in [1.54, 1.807) is 19.0 Å². The summed E-state index contributed by atoms with van der Waals surface area (Å²) in [5.74, 6) is 0. The number of thiocarbonyl (C=S) groups is 1. The SMILES string of the molecule is CN(C)C(=S)C#N. The van der Waals surface area contributed by atoms with Crippen molar-refractivity contribution in [2.45, 2.75) is 0 Å². The molecule has 0 spiro atoms. The Labute approximate surface area is 48.3 Å². The van der Waals surface area contributed by atoms with Crippen molar-refractivity contribution in [3.63, 3.8) is 0 Å². The first kappa shape index (κ1) is 6.38. The maximum Gasteiger partial charge on any atom is 0.180 e. The molecule has 7 heavy (non-hydrogen) atoms. The summed E-state index contributed by atoms with van der Waals surface area (Å²) in [6, 6.07) is 1.82. The van der Waals surface area contributed by atoms with Crippen LogP contribution in [0.5, 0.6) is 0 Å². The molecule has 0 saturated carbocycles. The van der Waals surface area contributed by atoms with Crippen molar-refractivity contribution in [1.29, 1.82) is 5.26 Å². The van der Waals surface area contributed by atoms with Crippen LogP contribution in [0.15, 0.2) is 0 Å². The van der Waals surface area contributed by atoms with E-state index in [0.29, 0.717) is 4.99 Å². The lowest BCUT2D eigenvalue weighted by atomic mass is 10.7. The number of nitrogens with zero attached hydrogens (tertiary/aromatic N) is 2. The molecule has 38 valence electrons. The Morgan fingerprint density at radius 3 is 2.14 bits per heavy atom. The van der Waals surface area contributed by atoms with Gasteiger partial charge in [0.2, 0.25) is 0 Å². The molecule has 0 bridgehead atoms. The quantitative estimate of drug-likeness (QED) is 0.426. The van der Waals surface area contributed by atoms with Crippen LogP contribution in [0.25, 0.3) is 0 Å². The fourth-order valence-electron chi connectivity index (χ4n) is 0.100. The predicted octanol–water partition coefficient (Wildman–Crippen LogP) is 0.399. The molecule has 2 nitrogen and oxygen atoms in total. The van der Waals surface area contributed by atoms with Gasteiger partial charge < -0.3 is 4.90 Å². The normalized spacial score (nSPS) is 7.00. The van der Waals surface area contributed by atoms with Crippen LogP contribution >= 0.6 is 12.2 Å². The molecular weight excluding hydrogens is 108 g/mol. The molecular formula is C4H6N2S. The Morgan fingerprint density at radius 2 is 2.14 bits per heavy atom. The highest BCUT2D eigenvalue weighted by Gasteiger charge is 1.90. The maximum atomic E-state index is 8.07. The molecule has 0 aliphatic heterocycles. The van der Waals surface area contributed by atoms with Crippen LogP contribution in [0, 0.1) is 11.3 Å². The molecule has 0 atom stereocenters. The van der Waals surface area contributed by atoms with Gasteiger partial charge in [-0.25, -0.2) is 0 Å². The van der Waals surface area contributed by atoms with E-state index < -0.39 is 0 Å². The van der Waals surface area contributed by atoms with Crippen molar-refractivity contribution in [1.82, 2.24) is 4.90 Å². The van der Waals surface area contributed by atoms with E-state index in [9.17, 15) is 0 Å². The topological polar surface area (TPSA) is 27.0 Å². The lowest BCUT2D eigenvalue weighted by Crippen LogP contribution is -2.16. The first-order chi connectivity index (χ1) is 3.18. The number of rotatable bonds is 0. The average molecular weight is 114 g/mol. The molecule has 0 heterocycles. The average Bonchev–Trinajstić information content (AvgIpc) is 1.65. The second-order valence-electron chi connectivity index (χ2n) is 1.31. The van der Waals surface area contributed by atoms with Crippen LogP contribution in [0.1, 0.15) is 0 Å². The zero-order chi connectivity index (χ0) is 5.86. The van der Waals surface area contributed by atoms with Gasteiger partial charge in [-0.05, 0) is 12.2 Å². The molecule has 0 fully saturated rings. The first-order valence-corrected chi connectivity index (χ1v) is 2.20. The molecule has 0 aliphatic carbocycles. The Morgan fingerprint density at radius 1 is 1.71 bits per heavy atom. The highest BCUT2D eigenvalue weighted by molar-refractivity contribution is 7.80. The highest BCUT2D eigenvalue weighted by Crippen LogP contribution is 1.76. The van der Waals surface area contributed by atoms with Crippen molar-refractivity contribution in [3.05, 3.63) is 0 Å². The van der Waals surface area contributed by atoms with E-state index in [0.717, 1.165) is 0 Å². The Hall–Kier alpha value is -0.620. The van der Waals surface area contributed by atoms with Crippen molar-refractivity contribution in [2.75, 3.05) is 14.1 Å². The van der Waals surface area contributed by atoms with Crippen LogP contribution < -0.4 is 0 Å². The maximum absolute atomic E-state index is 8.07. The summed E-state index contributed by atoms with van der Waals surface area (Å²) >= 11 is 4.54. The minimum absolute atomic E-state index is 0.319. The Balaban J connectivity index is 3.64. The number of nitriles is 1. The van der Waals surface area contributed by atoms with Gasteiger partial charge in [0.15, 0.2) is 4.99 Å². The second-order valence-corrected chi connectivity index (χ2v) is 1.70. The molecule has 0 N–H and O–H groups in total. The third-order valence-electron chi connectivity index (χ3n) is 0.502. The molecule has 0 radical (unpaired) electrons. The van der Waals surface area contributed by atoms with Gasteiger partial charge in [-0.15, -0.1) is 0 Å². The van der Waals surface area contributed by atoms with Crippen LogP contribution in [0.2, 0.25) is 0 Å². The Bertz CT molecular complexity index is 111. The van der Waals surface area contributed by atoms with Gasteiger partial charge in [0.05, 0.1) is 0 Å². The van der Waals surface area contributed by atoms with Gasteiger partial charge >= 0.3 is 0 Å². The van der Waals surface area contributed by atoms with Gasteiger partial charge in [0.1, 0.15) is 6.07 Å². The van der Waals surface area contributed by atoms with Crippen molar-refractivity contribution < 1.29 is 0 Å². The number of hydrogen-bond acceptors (Lipinski definition) is 2. The summed E-state index contributed by atoms with van der Waals surface area (Å²) < 4.78 is 0. The molecule has 0 aliphatic rings.